The van der Waals surface area contributed by atoms with E-state index in [0.717, 1.165) is 11.3 Å². The lowest BCUT2D eigenvalue weighted by Gasteiger charge is -2.20. The van der Waals surface area contributed by atoms with Crippen LogP contribution >= 0.6 is 0 Å². The van der Waals surface area contributed by atoms with Gasteiger partial charge in [-0.2, -0.15) is 0 Å². The Labute approximate surface area is 135 Å². The minimum Gasteiger partial charge on any atom is -0.497 e. The maximum atomic E-state index is 12.1. The van der Waals surface area contributed by atoms with Gasteiger partial charge in [0, 0.05) is 19.2 Å². The first kappa shape index (κ1) is 16.5. The van der Waals surface area contributed by atoms with Gasteiger partial charge in [-0.15, -0.1) is 0 Å². The predicted octanol–water partition coefficient (Wildman–Crippen LogP) is 2.68. The van der Waals surface area contributed by atoms with Gasteiger partial charge >= 0.3 is 0 Å². The first-order valence-electron chi connectivity index (χ1n) is 7.32. The molecule has 23 heavy (non-hydrogen) atoms. The van der Waals surface area contributed by atoms with E-state index in [9.17, 15) is 9.59 Å². The first-order chi connectivity index (χ1) is 11.1. The summed E-state index contributed by atoms with van der Waals surface area (Å²) in [5.74, 6) is 0.383. The monoisotopic (exact) mass is 312 g/mol. The van der Waals surface area contributed by atoms with Crippen molar-refractivity contribution in [1.29, 1.82) is 0 Å². The molecule has 5 nitrogen and oxygen atoms in total. The highest BCUT2D eigenvalue weighted by Gasteiger charge is 2.14. The summed E-state index contributed by atoms with van der Waals surface area (Å²) >= 11 is 0. The average molecular weight is 312 g/mol. The van der Waals surface area contributed by atoms with Crippen molar-refractivity contribution in [3.63, 3.8) is 0 Å². The summed E-state index contributed by atoms with van der Waals surface area (Å²) in [7, 11) is 1.60. The summed E-state index contributed by atoms with van der Waals surface area (Å²) in [6, 6.07) is 16.6. The summed E-state index contributed by atoms with van der Waals surface area (Å²) in [6.07, 6.45) is 0. The lowest BCUT2D eigenvalue weighted by Crippen LogP contribution is -2.36. The largest absolute Gasteiger partial charge is 0.497 e. The van der Waals surface area contributed by atoms with Gasteiger partial charge in [0.05, 0.1) is 7.11 Å². The molecule has 0 bridgehead atoms. The van der Waals surface area contributed by atoms with E-state index in [2.05, 4.69) is 5.32 Å². The van der Waals surface area contributed by atoms with Gasteiger partial charge in [-0.1, -0.05) is 30.3 Å². The van der Waals surface area contributed by atoms with Gasteiger partial charge in [-0.05, 0) is 29.8 Å². The van der Waals surface area contributed by atoms with Crippen molar-refractivity contribution in [3.05, 3.63) is 60.2 Å². The number of hydrogen-bond acceptors (Lipinski definition) is 3. The number of amides is 2. The number of para-hydroxylation sites is 1. The number of methoxy groups -OCH3 is 1. The molecule has 0 aliphatic rings. The van der Waals surface area contributed by atoms with Crippen LogP contribution in [-0.4, -0.2) is 30.4 Å². The molecule has 0 saturated carbocycles. The number of anilines is 1. The lowest BCUT2D eigenvalue weighted by molar-refractivity contribution is -0.133. The highest BCUT2D eigenvalue weighted by Crippen LogP contribution is 2.13. The van der Waals surface area contributed by atoms with Gasteiger partial charge in [-0.25, -0.2) is 0 Å². The van der Waals surface area contributed by atoms with E-state index in [-0.39, 0.29) is 18.4 Å². The van der Waals surface area contributed by atoms with Crippen molar-refractivity contribution < 1.29 is 14.3 Å². The van der Waals surface area contributed by atoms with Crippen LogP contribution in [0, 0.1) is 0 Å². The number of ether oxygens (including phenoxy) is 1. The Hall–Kier alpha value is -2.82. The molecule has 2 aromatic rings. The molecule has 2 amide bonds. The van der Waals surface area contributed by atoms with Crippen LogP contribution in [0.2, 0.25) is 0 Å². The van der Waals surface area contributed by atoms with Crippen molar-refractivity contribution in [2.24, 2.45) is 0 Å². The molecule has 0 aliphatic heterocycles. The third-order valence-electron chi connectivity index (χ3n) is 3.37. The predicted molar refractivity (Wildman–Crippen MR) is 89.2 cm³/mol. The van der Waals surface area contributed by atoms with E-state index in [0.29, 0.717) is 12.2 Å². The molecular formula is C18H20N2O3. The standard InChI is InChI=1S/C18H20N2O3/c1-14(21)20(12-15-8-10-17(23-2)11-9-15)13-18(22)19-16-6-4-3-5-7-16/h3-11H,12-13H2,1-2H3,(H,19,22). The lowest BCUT2D eigenvalue weighted by atomic mass is 10.2. The van der Waals surface area contributed by atoms with Gasteiger partial charge in [0.2, 0.25) is 11.8 Å². The quantitative estimate of drug-likeness (QED) is 0.892. The second-order valence-corrected chi connectivity index (χ2v) is 5.14. The molecule has 0 spiro atoms. The molecule has 5 heteroatoms. The van der Waals surface area contributed by atoms with Crippen LogP contribution in [0.4, 0.5) is 5.69 Å². The molecule has 1 N–H and O–H groups in total. The molecule has 0 saturated heterocycles. The number of carbonyl (C=O) groups is 2. The fourth-order valence-corrected chi connectivity index (χ4v) is 2.13. The summed E-state index contributed by atoms with van der Waals surface area (Å²) in [4.78, 5) is 25.4. The van der Waals surface area contributed by atoms with Gasteiger partial charge in [0.1, 0.15) is 12.3 Å². The summed E-state index contributed by atoms with van der Waals surface area (Å²) < 4.78 is 5.11. The molecule has 0 radical (unpaired) electrons. The fraction of sp³-hybridized carbons (Fsp3) is 0.222. The SMILES string of the molecule is COc1ccc(CN(CC(=O)Nc2ccccc2)C(C)=O)cc1. The van der Waals surface area contributed by atoms with E-state index in [1.807, 2.05) is 42.5 Å². The number of nitrogens with one attached hydrogen (secondary N) is 1. The van der Waals surface area contributed by atoms with Crippen molar-refractivity contribution in [2.45, 2.75) is 13.5 Å². The minimum atomic E-state index is -0.222. The zero-order chi connectivity index (χ0) is 16.7. The molecule has 0 heterocycles. The molecule has 0 aromatic heterocycles. The van der Waals surface area contributed by atoms with E-state index in [4.69, 9.17) is 4.74 Å². The maximum absolute atomic E-state index is 12.1. The number of rotatable bonds is 6. The maximum Gasteiger partial charge on any atom is 0.244 e. The topological polar surface area (TPSA) is 58.6 Å². The Morgan fingerprint density at radius 3 is 2.26 bits per heavy atom. The summed E-state index contributed by atoms with van der Waals surface area (Å²) in [6.45, 7) is 1.84. The van der Waals surface area contributed by atoms with Crippen LogP contribution in [0.15, 0.2) is 54.6 Å². The minimum absolute atomic E-state index is 0.0102. The van der Waals surface area contributed by atoms with Gasteiger partial charge < -0.3 is 15.0 Å². The highest BCUT2D eigenvalue weighted by molar-refractivity contribution is 5.94. The Balaban J connectivity index is 1.97. The number of benzene rings is 2. The second-order valence-electron chi connectivity index (χ2n) is 5.14. The van der Waals surface area contributed by atoms with Crippen molar-refractivity contribution in [1.82, 2.24) is 4.90 Å². The molecule has 2 rings (SSSR count). The first-order valence-corrected chi connectivity index (χ1v) is 7.32. The Morgan fingerprint density at radius 2 is 1.70 bits per heavy atom. The van der Waals surface area contributed by atoms with Crippen LogP contribution in [-0.2, 0) is 16.1 Å². The zero-order valence-electron chi connectivity index (χ0n) is 13.3. The normalized spacial score (nSPS) is 10.0. The van der Waals surface area contributed by atoms with E-state index < -0.39 is 0 Å². The molecule has 0 fully saturated rings. The molecule has 2 aromatic carbocycles. The number of nitrogens with zero attached hydrogens (tertiary/aromatic N) is 1. The third-order valence-corrected chi connectivity index (χ3v) is 3.37. The Morgan fingerprint density at radius 1 is 1.04 bits per heavy atom. The van der Waals surface area contributed by atoms with Gasteiger partial charge in [0.25, 0.3) is 0 Å². The van der Waals surface area contributed by atoms with Crippen LogP contribution in [0.5, 0.6) is 5.75 Å². The van der Waals surface area contributed by atoms with Crippen LogP contribution in [0.25, 0.3) is 0 Å². The van der Waals surface area contributed by atoms with E-state index in [1.165, 1.54) is 11.8 Å². The van der Waals surface area contributed by atoms with Gasteiger partial charge in [0.15, 0.2) is 0 Å². The smallest absolute Gasteiger partial charge is 0.244 e. The van der Waals surface area contributed by atoms with Crippen molar-refractivity contribution in [3.8, 4) is 5.75 Å². The summed E-state index contributed by atoms with van der Waals surface area (Å²) in [5, 5.41) is 2.78. The van der Waals surface area contributed by atoms with Crippen LogP contribution < -0.4 is 10.1 Å². The molecule has 0 aliphatic carbocycles. The van der Waals surface area contributed by atoms with Crippen LogP contribution in [0.3, 0.4) is 0 Å². The van der Waals surface area contributed by atoms with E-state index in [1.54, 1.807) is 19.2 Å². The second kappa shape index (κ2) is 7.98. The zero-order valence-corrected chi connectivity index (χ0v) is 13.3. The number of carbonyl (C=O) groups excluding carboxylic acids is 2. The highest BCUT2D eigenvalue weighted by atomic mass is 16.5. The van der Waals surface area contributed by atoms with Crippen molar-refractivity contribution >= 4 is 17.5 Å². The fourth-order valence-electron chi connectivity index (χ4n) is 2.13. The third kappa shape index (κ3) is 5.14. The Bertz CT molecular complexity index is 654. The van der Waals surface area contributed by atoms with Gasteiger partial charge in [-0.3, -0.25) is 9.59 Å². The molecule has 120 valence electrons. The van der Waals surface area contributed by atoms with Crippen molar-refractivity contribution in [2.75, 3.05) is 19.0 Å². The number of hydrogen-bond donors (Lipinski definition) is 1. The molecule has 0 unspecified atom stereocenters. The average Bonchev–Trinajstić information content (AvgIpc) is 2.55. The summed E-state index contributed by atoms with van der Waals surface area (Å²) in [5.41, 5.74) is 1.65. The molecule has 0 atom stereocenters. The molecular weight excluding hydrogens is 292 g/mol. The van der Waals surface area contributed by atoms with E-state index >= 15 is 0 Å². The Kier molecular flexibility index (Phi) is 5.74. The van der Waals surface area contributed by atoms with Crippen LogP contribution in [0.1, 0.15) is 12.5 Å².